The summed E-state index contributed by atoms with van der Waals surface area (Å²) in [6, 6.07) is 0.222. The Bertz CT molecular complexity index is 514. The fraction of sp³-hybridized carbons (Fsp3) is 0.714. The van der Waals surface area contributed by atoms with E-state index in [4.69, 9.17) is 16.2 Å². The van der Waals surface area contributed by atoms with Gasteiger partial charge in [0.25, 0.3) is 0 Å². The summed E-state index contributed by atoms with van der Waals surface area (Å²) in [5, 5.41) is 4.57. The zero-order valence-corrected chi connectivity index (χ0v) is 13.0. The van der Waals surface area contributed by atoms with Crippen molar-refractivity contribution in [1.29, 1.82) is 0 Å². The van der Waals surface area contributed by atoms with Gasteiger partial charge in [0, 0.05) is 19.1 Å². The van der Waals surface area contributed by atoms with Crippen LogP contribution in [-0.2, 0) is 4.74 Å². The van der Waals surface area contributed by atoms with E-state index in [1.165, 1.54) is 7.11 Å². The van der Waals surface area contributed by atoms with Crippen LogP contribution < -0.4 is 16.4 Å². The van der Waals surface area contributed by atoms with Crippen molar-refractivity contribution in [1.82, 2.24) is 9.78 Å². The van der Waals surface area contributed by atoms with Crippen molar-refractivity contribution in [3.63, 3.8) is 0 Å². The molecule has 7 heteroatoms. The minimum Gasteiger partial charge on any atom is -0.465 e. The van der Waals surface area contributed by atoms with Gasteiger partial charge in [0.2, 0.25) is 0 Å². The number of hydrogen-bond donors (Lipinski definition) is 2. The number of rotatable bonds is 4. The number of carbonyl (C=O) groups is 1. The zero-order valence-electron chi connectivity index (χ0n) is 13.0. The van der Waals surface area contributed by atoms with E-state index in [0.29, 0.717) is 23.7 Å². The molecule has 1 aromatic heterocycles. The van der Waals surface area contributed by atoms with E-state index in [9.17, 15) is 4.79 Å². The van der Waals surface area contributed by atoms with E-state index in [1.807, 2.05) is 11.8 Å². The van der Waals surface area contributed by atoms with Gasteiger partial charge < -0.3 is 21.1 Å². The van der Waals surface area contributed by atoms with Crippen LogP contribution in [0.2, 0.25) is 0 Å². The van der Waals surface area contributed by atoms with Crippen LogP contribution in [-0.4, -0.2) is 42.0 Å². The van der Waals surface area contributed by atoms with Gasteiger partial charge in [0.15, 0.2) is 5.82 Å². The number of ether oxygens (including phenoxy) is 1. The summed E-state index contributed by atoms with van der Waals surface area (Å²) < 4.78 is 6.58. The Balaban J connectivity index is 2.45. The maximum absolute atomic E-state index is 12.1. The molecule has 4 N–H and O–H groups in total. The largest absolute Gasteiger partial charge is 0.465 e. The lowest BCUT2D eigenvalue weighted by molar-refractivity contribution is 0.0602. The Hall–Kier alpha value is -1.76. The Kier molecular flexibility index (Phi) is 4.72. The van der Waals surface area contributed by atoms with Crippen LogP contribution in [0.4, 0.5) is 11.6 Å². The molecule has 0 radical (unpaired) electrons. The summed E-state index contributed by atoms with van der Waals surface area (Å²) in [4.78, 5) is 14.1. The van der Waals surface area contributed by atoms with Crippen LogP contribution in [0, 0.1) is 0 Å². The summed E-state index contributed by atoms with van der Waals surface area (Å²) in [6.45, 7) is 5.59. The van der Waals surface area contributed by atoms with Gasteiger partial charge in [-0.3, -0.25) is 0 Å². The molecule has 1 fully saturated rings. The average molecular weight is 295 g/mol. The van der Waals surface area contributed by atoms with Crippen molar-refractivity contribution in [2.45, 2.75) is 45.2 Å². The molecule has 0 aliphatic carbocycles. The quantitative estimate of drug-likeness (QED) is 0.808. The highest BCUT2D eigenvalue weighted by molar-refractivity contribution is 5.99. The molecule has 7 nitrogen and oxygen atoms in total. The first-order valence-corrected chi connectivity index (χ1v) is 7.46. The van der Waals surface area contributed by atoms with Crippen molar-refractivity contribution >= 4 is 17.6 Å². The van der Waals surface area contributed by atoms with Gasteiger partial charge >= 0.3 is 5.97 Å². The molecule has 0 aromatic carbocycles. The van der Waals surface area contributed by atoms with E-state index in [1.54, 1.807) is 4.68 Å². The third kappa shape index (κ3) is 2.97. The van der Waals surface area contributed by atoms with E-state index >= 15 is 0 Å². The van der Waals surface area contributed by atoms with Crippen molar-refractivity contribution in [2.75, 3.05) is 30.8 Å². The third-order valence-electron chi connectivity index (χ3n) is 4.08. The van der Waals surface area contributed by atoms with Gasteiger partial charge in [-0.1, -0.05) is 6.92 Å². The van der Waals surface area contributed by atoms with Gasteiger partial charge in [0.1, 0.15) is 11.4 Å². The second kappa shape index (κ2) is 6.34. The topological polar surface area (TPSA) is 99.4 Å². The number of nitrogen functional groups attached to an aromatic ring is 1. The molecule has 2 atom stereocenters. The van der Waals surface area contributed by atoms with Gasteiger partial charge in [-0.15, -0.1) is 0 Å². The number of carbonyl (C=O) groups excluding carboxylic acids is 1. The molecular formula is C14H25N5O2. The molecule has 0 spiro atoms. The van der Waals surface area contributed by atoms with Gasteiger partial charge in [0.05, 0.1) is 13.2 Å². The predicted molar refractivity (Wildman–Crippen MR) is 82.4 cm³/mol. The highest BCUT2D eigenvalue weighted by Crippen LogP contribution is 2.30. The summed E-state index contributed by atoms with van der Waals surface area (Å²) in [7, 11) is 1.36. The third-order valence-corrected chi connectivity index (χ3v) is 4.08. The molecule has 0 amide bonds. The van der Waals surface area contributed by atoms with Crippen LogP contribution in [0.25, 0.3) is 0 Å². The van der Waals surface area contributed by atoms with Crippen LogP contribution >= 0.6 is 0 Å². The molecule has 2 heterocycles. The number of aromatic nitrogens is 2. The predicted octanol–water partition coefficient (Wildman–Crippen LogP) is 1.15. The van der Waals surface area contributed by atoms with Gasteiger partial charge in [-0.2, -0.15) is 5.10 Å². The van der Waals surface area contributed by atoms with Crippen molar-refractivity contribution < 1.29 is 9.53 Å². The van der Waals surface area contributed by atoms with Gasteiger partial charge in [-0.05, 0) is 26.2 Å². The molecule has 1 aliphatic heterocycles. The van der Waals surface area contributed by atoms with Crippen molar-refractivity contribution in [2.24, 2.45) is 5.73 Å². The normalized spacial score (nSPS) is 20.4. The molecule has 1 saturated heterocycles. The smallest absolute Gasteiger partial charge is 0.345 e. The Morgan fingerprint density at radius 1 is 1.57 bits per heavy atom. The summed E-state index contributed by atoms with van der Waals surface area (Å²) >= 11 is 0. The number of anilines is 2. The molecule has 1 aliphatic rings. The summed E-state index contributed by atoms with van der Waals surface area (Å²) in [5.41, 5.74) is 12.5. The molecule has 2 rings (SSSR count). The monoisotopic (exact) mass is 295 g/mol. The highest BCUT2D eigenvalue weighted by atomic mass is 16.5. The van der Waals surface area contributed by atoms with Crippen LogP contribution in [0.15, 0.2) is 0 Å². The number of hydrogen-bond acceptors (Lipinski definition) is 6. The van der Waals surface area contributed by atoms with E-state index in [2.05, 4.69) is 12.0 Å². The Morgan fingerprint density at radius 2 is 2.29 bits per heavy atom. The Morgan fingerprint density at radius 3 is 2.86 bits per heavy atom. The zero-order chi connectivity index (χ0) is 15.6. The lowest BCUT2D eigenvalue weighted by Crippen LogP contribution is -2.43. The number of piperidine rings is 1. The maximum atomic E-state index is 12.1. The number of nitrogens with zero attached hydrogens (tertiary/aromatic N) is 3. The molecule has 21 heavy (non-hydrogen) atoms. The second-order valence-corrected chi connectivity index (χ2v) is 5.63. The van der Waals surface area contributed by atoms with E-state index in [0.717, 1.165) is 25.8 Å². The highest BCUT2D eigenvalue weighted by Gasteiger charge is 2.30. The summed E-state index contributed by atoms with van der Waals surface area (Å²) in [6.07, 6.45) is 2.86. The van der Waals surface area contributed by atoms with Gasteiger partial charge in [-0.25, -0.2) is 9.48 Å². The molecule has 0 saturated carbocycles. The minimum atomic E-state index is -0.448. The van der Waals surface area contributed by atoms with Crippen molar-refractivity contribution in [3.8, 4) is 0 Å². The summed E-state index contributed by atoms with van der Waals surface area (Å²) in [5.74, 6) is 0.511. The molecule has 2 unspecified atom stereocenters. The first-order chi connectivity index (χ1) is 9.99. The van der Waals surface area contributed by atoms with Crippen LogP contribution in [0.5, 0.6) is 0 Å². The maximum Gasteiger partial charge on any atom is 0.345 e. The lowest BCUT2D eigenvalue weighted by atomic mass is 10.1. The first kappa shape index (κ1) is 15.6. The van der Waals surface area contributed by atoms with E-state index < -0.39 is 5.97 Å². The fourth-order valence-corrected chi connectivity index (χ4v) is 2.67. The minimum absolute atomic E-state index is 0.0965. The van der Waals surface area contributed by atoms with Crippen LogP contribution in [0.1, 0.15) is 49.5 Å². The number of nitrogens with two attached hydrogens (primary N) is 2. The van der Waals surface area contributed by atoms with Crippen molar-refractivity contribution in [3.05, 3.63) is 5.56 Å². The average Bonchev–Trinajstić information content (AvgIpc) is 2.83. The number of esters is 1. The molecule has 1 aromatic rings. The molecule has 118 valence electrons. The Labute approximate surface area is 125 Å². The number of methoxy groups -OCH3 is 1. The molecule has 0 bridgehead atoms. The first-order valence-electron chi connectivity index (χ1n) is 7.46. The fourth-order valence-electron chi connectivity index (χ4n) is 2.67. The van der Waals surface area contributed by atoms with E-state index in [-0.39, 0.29) is 12.1 Å². The molecular weight excluding hydrogens is 270 g/mol. The second-order valence-electron chi connectivity index (χ2n) is 5.63. The standard InChI is InChI=1S/C14H25N5O2/c1-4-9(2)19-12(16)11(14(20)21-3)13(17-19)18-7-5-6-10(15)8-18/h9-10H,4-8,15-16H2,1-3H3. The van der Waals surface area contributed by atoms with Crippen LogP contribution in [0.3, 0.4) is 0 Å². The lowest BCUT2D eigenvalue weighted by Gasteiger charge is -2.31. The SMILES string of the molecule is CCC(C)n1nc(N2CCCC(N)C2)c(C(=O)OC)c1N.